The van der Waals surface area contributed by atoms with E-state index in [-0.39, 0.29) is 11.7 Å². The van der Waals surface area contributed by atoms with E-state index in [1.165, 1.54) is 17.4 Å². The molecule has 0 spiro atoms. The number of aryl methyl sites for hydroxylation is 1. The van der Waals surface area contributed by atoms with E-state index < -0.39 is 17.9 Å². The van der Waals surface area contributed by atoms with Gasteiger partial charge in [-0.2, -0.15) is 0 Å². The molecule has 1 atom stereocenters. The number of halogens is 1. The molecule has 1 amide bonds. The van der Waals surface area contributed by atoms with Crippen LogP contribution in [0.15, 0.2) is 18.2 Å². The van der Waals surface area contributed by atoms with Crippen molar-refractivity contribution in [3.63, 3.8) is 0 Å². The fourth-order valence-corrected chi connectivity index (χ4v) is 3.32. The molecule has 0 fully saturated rings. The van der Waals surface area contributed by atoms with Crippen LogP contribution in [-0.4, -0.2) is 23.0 Å². The van der Waals surface area contributed by atoms with Gasteiger partial charge in [-0.15, -0.1) is 11.3 Å². The van der Waals surface area contributed by atoms with Gasteiger partial charge in [0.25, 0.3) is 5.91 Å². The van der Waals surface area contributed by atoms with Crippen molar-refractivity contribution in [3.05, 3.63) is 34.5 Å². The first-order valence-electron chi connectivity index (χ1n) is 6.54. The number of fused-ring (bicyclic) bond motifs is 1. The number of carboxylic acids is 1. The maximum Gasteiger partial charge on any atom is 0.326 e. The molecule has 0 aliphatic carbocycles. The van der Waals surface area contributed by atoms with Gasteiger partial charge < -0.3 is 10.4 Å². The van der Waals surface area contributed by atoms with E-state index in [1.807, 2.05) is 0 Å². The van der Waals surface area contributed by atoms with E-state index in [4.69, 9.17) is 5.11 Å². The largest absolute Gasteiger partial charge is 0.480 e. The topological polar surface area (TPSA) is 66.4 Å². The standard InChI is InChI=1S/C15H16FNO3S/c1-7(2)12(15(19)20)17-14(18)13-8(3)11-9(16)5-4-6-10(11)21-13/h4-7,12H,1-3H3,(H,17,18)(H,19,20)/t12-/m0/s1. The van der Waals surface area contributed by atoms with Gasteiger partial charge in [-0.25, -0.2) is 9.18 Å². The first-order valence-corrected chi connectivity index (χ1v) is 7.35. The average Bonchev–Trinajstić information content (AvgIpc) is 2.73. The minimum absolute atomic E-state index is 0.238. The molecule has 2 N–H and O–H groups in total. The number of thiophene rings is 1. The van der Waals surface area contributed by atoms with Crippen molar-refractivity contribution in [1.82, 2.24) is 5.32 Å². The SMILES string of the molecule is Cc1c(C(=O)N[C@H](C(=O)O)C(C)C)sc2cccc(F)c12. The molecule has 0 bridgehead atoms. The number of hydrogen-bond acceptors (Lipinski definition) is 3. The van der Waals surface area contributed by atoms with Crippen molar-refractivity contribution in [2.45, 2.75) is 26.8 Å². The summed E-state index contributed by atoms with van der Waals surface area (Å²) in [5.74, 6) is -2.17. The Morgan fingerprint density at radius 1 is 1.33 bits per heavy atom. The smallest absolute Gasteiger partial charge is 0.326 e. The molecule has 0 unspecified atom stereocenters. The van der Waals surface area contributed by atoms with Crippen LogP contribution in [0, 0.1) is 18.7 Å². The molecule has 1 aromatic heterocycles. The van der Waals surface area contributed by atoms with Gasteiger partial charge in [-0.3, -0.25) is 4.79 Å². The first-order chi connectivity index (χ1) is 9.82. The van der Waals surface area contributed by atoms with Gasteiger partial charge in [0.05, 0.1) is 4.88 Å². The number of amides is 1. The molecular weight excluding hydrogens is 293 g/mol. The molecule has 1 heterocycles. The maximum atomic E-state index is 13.8. The summed E-state index contributed by atoms with van der Waals surface area (Å²) in [5.41, 5.74) is 0.540. The van der Waals surface area contributed by atoms with E-state index in [2.05, 4.69) is 5.32 Å². The number of nitrogens with one attached hydrogen (secondary N) is 1. The number of carboxylic acid groups (broad SMARTS) is 1. The van der Waals surface area contributed by atoms with Gasteiger partial charge in [-0.05, 0) is 30.5 Å². The Balaban J connectivity index is 2.38. The van der Waals surface area contributed by atoms with Gasteiger partial charge in [0.1, 0.15) is 11.9 Å². The van der Waals surface area contributed by atoms with Gasteiger partial charge >= 0.3 is 5.97 Å². The number of rotatable bonds is 4. The number of aliphatic carboxylic acids is 1. The third kappa shape index (κ3) is 2.90. The summed E-state index contributed by atoms with van der Waals surface area (Å²) in [5, 5.41) is 12.0. The van der Waals surface area contributed by atoms with Crippen LogP contribution in [0.5, 0.6) is 0 Å². The van der Waals surface area contributed by atoms with Crippen LogP contribution < -0.4 is 5.32 Å². The second-order valence-electron chi connectivity index (χ2n) is 5.20. The van der Waals surface area contributed by atoms with Crippen LogP contribution >= 0.6 is 11.3 Å². The summed E-state index contributed by atoms with van der Waals surface area (Å²) in [6, 6.07) is 3.71. The van der Waals surface area contributed by atoms with Crippen molar-refractivity contribution in [3.8, 4) is 0 Å². The Labute approximate surface area is 125 Å². The molecule has 112 valence electrons. The summed E-state index contributed by atoms with van der Waals surface area (Å²) < 4.78 is 14.5. The summed E-state index contributed by atoms with van der Waals surface area (Å²) in [4.78, 5) is 23.8. The summed E-state index contributed by atoms with van der Waals surface area (Å²) in [6.45, 7) is 5.11. The van der Waals surface area contributed by atoms with Crippen LogP contribution in [0.1, 0.15) is 29.1 Å². The first kappa shape index (κ1) is 15.4. The predicted octanol–water partition coefficient (Wildman–Crippen LogP) is 3.19. The van der Waals surface area contributed by atoms with Crippen LogP contribution in [-0.2, 0) is 4.79 Å². The Morgan fingerprint density at radius 2 is 2.00 bits per heavy atom. The maximum absolute atomic E-state index is 13.8. The highest BCUT2D eigenvalue weighted by Gasteiger charge is 2.26. The summed E-state index contributed by atoms with van der Waals surface area (Å²) >= 11 is 1.17. The van der Waals surface area contributed by atoms with E-state index in [1.54, 1.807) is 32.9 Å². The normalized spacial score (nSPS) is 12.6. The Hall–Kier alpha value is -1.95. The molecule has 6 heteroatoms. The lowest BCUT2D eigenvalue weighted by atomic mass is 10.0. The van der Waals surface area contributed by atoms with Crippen molar-refractivity contribution in [2.24, 2.45) is 5.92 Å². The van der Waals surface area contributed by atoms with E-state index in [0.717, 1.165) is 0 Å². The summed E-state index contributed by atoms with van der Waals surface area (Å²) in [7, 11) is 0. The number of carbonyl (C=O) groups excluding carboxylic acids is 1. The van der Waals surface area contributed by atoms with E-state index in [9.17, 15) is 14.0 Å². The third-order valence-electron chi connectivity index (χ3n) is 3.33. The molecule has 4 nitrogen and oxygen atoms in total. The molecule has 0 aliphatic rings. The Bertz CT molecular complexity index is 708. The lowest BCUT2D eigenvalue weighted by Crippen LogP contribution is -2.44. The average molecular weight is 309 g/mol. The van der Waals surface area contributed by atoms with Gasteiger partial charge in [0, 0.05) is 10.1 Å². The zero-order valence-electron chi connectivity index (χ0n) is 11.9. The van der Waals surface area contributed by atoms with Crippen LogP contribution in [0.4, 0.5) is 4.39 Å². The van der Waals surface area contributed by atoms with Gasteiger partial charge in [0.15, 0.2) is 0 Å². The second-order valence-corrected chi connectivity index (χ2v) is 6.25. The molecule has 0 radical (unpaired) electrons. The molecule has 0 saturated heterocycles. The second kappa shape index (κ2) is 5.81. The Morgan fingerprint density at radius 3 is 2.52 bits per heavy atom. The zero-order valence-corrected chi connectivity index (χ0v) is 12.8. The number of benzene rings is 1. The van der Waals surface area contributed by atoms with Gasteiger partial charge in [0.2, 0.25) is 0 Å². The molecule has 2 aromatic rings. The minimum atomic E-state index is -1.08. The molecule has 0 saturated carbocycles. The van der Waals surface area contributed by atoms with Crippen molar-refractivity contribution >= 4 is 33.3 Å². The minimum Gasteiger partial charge on any atom is -0.480 e. The lowest BCUT2D eigenvalue weighted by molar-refractivity contribution is -0.140. The number of hydrogen-bond donors (Lipinski definition) is 2. The molecule has 2 rings (SSSR count). The van der Waals surface area contributed by atoms with Gasteiger partial charge in [-0.1, -0.05) is 19.9 Å². The zero-order chi connectivity index (χ0) is 15.7. The molecule has 21 heavy (non-hydrogen) atoms. The monoisotopic (exact) mass is 309 g/mol. The predicted molar refractivity (Wildman–Crippen MR) is 80.2 cm³/mol. The quantitative estimate of drug-likeness (QED) is 0.911. The van der Waals surface area contributed by atoms with E-state index in [0.29, 0.717) is 20.5 Å². The number of carbonyl (C=O) groups is 2. The van der Waals surface area contributed by atoms with Crippen LogP contribution in [0.3, 0.4) is 0 Å². The van der Waals surface area contributed by atoms with Crippen molar-refractivity contribution in [1.29, 1.82) is 0 Å². The third-order valence-corrected chi connectivity index (χ3v) is 4.58. The molecular formula is C15H16FNO3S. The highest BCUT2D eigenvalue weighted by molar-refractivity contribution is 7.21. The Kier molecular flexibility index (Phi) is 4.27. The lowest BCUT2D eigenvalue weighted by Gasteiger charge is -2.17. The summed E-state index contributed by atoms with van der Waals surface area (Å²) in [6.07, 6.45) is 0. The highest BCUT2D eigenvalue weighted by atomic mass is 32.1. The molecule has 1 aromatic carbocycles. The fraction of sp³-hybridized carbons (Fsp3) is 0.333. The van der Waals surface area contributed by atoms with Crippen LogP contribution in [0.25, 0.3) is 10.1 Å². The van der Waals surface area contributed by atoms with Crippen LogP contribution in [0.2, 0.25) is 0 Å². The fourth-order valence-electron chi connectivity index (χ4n) is 2.19. The molecule has 0 aliphatic heterocycles. The van der Waals surface area contributed by atoms with Crippen molar-refractivity contribution < 1.29 is 19.1 Å². The van der Waals surface area contributed by atoms with Crippen molar-refractivity contribution in [2.75, 3.05) is 0 Å². The highest BCUT2D eigenvalue weighted by Crippen LogP contribution is 2.32. The van der Waals surface area contributed by atoms with E-state index >= 15 is 0 Å².